The average molecular weight is 414 g/mol. The molecule has 30 heavy (non-hydrogen) atoms. The van der Waals surface area contributed by atoms with Crippen LogP contribution in [0.15, 0.2) is 42.6 Å². The molecule has 3 N–H and O–H groups in total. The summed E-state index contributed by atoms with van der Waals surface area (Å²) in [7, 11) is 0. The molecule has 1 amide bonds. The van der Waals surface area contributed by atoms with Gasteiger partial charge in [-0.1, -0.05) is 0 Å². The molecule has 1 saturated heterocycles. The lowest BCUT2D eigenvalue weighted by Gasteiger charge is -2.26. The van der Waals surface area contributed by atoms with Crippen LogP contribution in [0.1, 0.15) is 12.0 Å². The molecule has 2 aliphatic rings. The molecule has 0 aromatic heterocycles. The highest BCUT2D eigenvalue weighted by Crippen LogP contribution is 2.32. The minimum absolute atomic E-state index is 0.331. The molecule has 0 radical (unpaired) electrons. The van der Waals surface area contributed by atoms with Gasteiger partial charge in [0.2, 0.25) is 0 Å². The molecule has 2 aliphatic heterocycles. The van der Waals surface area contributed by atoms with Gasteiger partial charge < -0.3 is 20.7 Å². The number of hydrogen-bond donors (Lipinski definition) is 3. The third kappa shape index (κ3) is 4.77. The predicted octanol–water partition coefficient (Wildman–Crippen LogP) is 3.50. The van der Waals surface area contributed by atoms with Crippen LogP contribution in [0.25, 0.3) is 5.57 Å². The van der Waals surface area contributed by atoms with Gasteiger partial charge in [-0.15, -0.1) is 0 Å². The quantitative estimate of drug-likeness (QED) is 0.478. The maximum Gasteiger partial charge on any atom is 0.257 e. The smallest absolute Gasteiger partial charge is 0.257 e. The van der Waals surface area contributed by atoms with E-state index in [0.717, 1.165) is 39.3 Å². The summed E-state index contributed by atoms with van der Waals surface area (Å²) in [5.74, 6) is -1.12. The van der Waals surface area contributed by atoms with E-state index in [2.05, 4.69) is 20.9 Å². The maximum absolute atomic E-state index is 14.4. The summed E-state index contributed by atoms with van der Waals surface area (Å²) in [6, 6.07) is 8.89. The van der Waals surface area contributed by atoms with Gasteiger partial charge in [0.25, 0.3) is 5.91 Å². The van der Waals surface area contributed by atoms with Crippen molar-refractivity contribution in [2.24, 2.45) is 0 Å². The third-order valence-electron chi connectivity index (χ3n) is 5.19. The van der Waals surface area contributed by atoms with Gasteiger partial charge in [-0.05, 0) is 49.4 Å². The minimum atomic E-state index is -0.418. The standard InChI is InChI=1S/C22H24F2N4O2/c23-15-2-4-17-18(22(29)27-21(17)12-15)14-26-16-3-5-20(19(24)13-16)25-6-1-7-28-8-10-30-11-9-28/h2-5,12-14,25-26H,1,6-11H2,(H,27,29)/b18-14-. The van der Waals surface area contributed by atoms with E-state index < -0.39 is 5.82 Å². The topological polar surface area (TPSA) is 65.6 Å². The zero-order valence-corrected chi connectivity index (χ0v) is 16.5. The zero-order valence-electron chi connectivity index (χ0n) is 16.5. The lowest BCUT2D eigenvalue weighted by molar-refractivity contribution is -0.110. The van der Waals surface area contributed by atoms with Gasteiger partial charge in [0.05, 0.1) is 30.2 Å². The van der Waals surface area contributed by atoms with Crippen LogP contribution in [0.3, 0.4) is 0 Å². The number of nitrogens with one attached hydrogen (secondary N) is 3. The first-order valence-corrected chi connectivity index (χ1v) is 10.0. The average Bonchev–Trinajstić information content (AvgIpc) is 3.05. The summed E-state index contributed by atoms with van der Waals surface area (Å²) in [5, 5.41) is 8.69. The number of carbonyl (C=O) groups is 1. The summed E-state index contributed by atoms with van der Waals surface area (Å²) in [5.41, 5.74) is 2.36. The van der Waals surface area contributed by atoms with Crippen molar-refractivity contribution in [1.29, 1.82) is 0 Å². The van der Waals surface area contributed by atoms with E-state index in [1.165, 1.54) is 24.4 Å². The molecule has 0 unspecified atom stereocenters. The molecule has 6 nitrogen and oxygen atoms in total. The van der Waals surface area contributed by atoms with Gasteiger partial charge in [0.1, 0.15) is 11.6 Å². The molecular formula is C22H24F2N4O2. The highest BCUT2D eigenvalue weighted by molar-refractivity contribution is 6.31. The fraction of sp³-hybridized carbons (Fsp3) is 0.318. The van der Waals surface area contributed by atoms with Crippen molar-refractivity contribution in [2.75, 3.05) is 55.3 Å². The van der Waals surface area contributed by atoms with Crippen LogP contribution in [0, 0.1) is 11.6 Å². The third-order valence-corrected chi connectivity index (χ3v) is 5.19. The Morgan fingerprint density at radius 3 is 2.77 bits per heavy atom. The van der Waals surface area contributed by atoms with Gasteiger partial charge in [0, 0.05) is 37.1 Å². The van der Waals surface area contributed by atoms with Crippen molar-refractivity contribution in [2.45, 2.75) is 6.42 Å². The van der Waals surface area contributed by atoms with Crippen LogP contribution in [-0.2, 0) is 9.53 Å². The zero-order chi connectivity index (χ0) is 20.9. The number of anilines is 3. The first-order chi connectivity index (χ1) is 14.6. The van der Waals surface area contributed by atoms with Gasteiger partial charge in [0.15, 0.2) is 0 Å². The lowest BCUT2D eigenvalue weighted by Crippen LogP contribution is -2.37. The number of rotatable bonds is 7. The Morgan fingerprint density at radius 2 is 1.97 bits per heavy atom. The van der Waals surface area contributed by atoms with Crippen molar-refractivity contribution in [3.8, 4) is 0 Å². The molecule has 2 heterocycles. The molecule has 0 aliphatic carbocycles. The van der Waals surface area contributed by atoms with Crippen LogP contribution >= 0.6 is 0 Å². The first kappa shape index (κ1) is 20.3. The molecule has 4 rings (SSSR count). The summed E-state index contributed by atoms with van der Waals surface area (Å²) in [4.78, 5) is 14.5. The highest BCUT2D eigenvalue weighted by Gasteiger charge is 2.24. The Bertz CT molecular complexity index is 958. The normalized spacial score (nSPS) is 17.7. The number of carbonyl (C=O) groups excluding carboxylic acids is 1. The molecule has 8 heteroatoms. The molecule has 0 saturated carbocycles. The van der Waals surface area contributed by atoms with E-state index in [9.17, 15) is 13.6 Å². The molecule has 2 aromatic rings. The van der Waals surface area contributed by atoms with Crippen LogP contribution in [0.2, 0.25) is 0 Å². The van der Waals surface area contributed by atoms with Gasteiger partial charge in [-0.2, -0.15) is 0 Å². The van der Waals surface area contributed by atoms with E-state index in [0.29, 0.717) is 34.7 Å². The van der Waals surface area contributed by atoms with Crippen molar-refractivity contribution < 1.29 is 18.3 Å². The number of halogens is 2. The monoisotopic (exact) mass is 414 g/mol. The van der Waals surface area contributed by atoms with Crippen molar-refractivity contribution in [1.82, 2.24) is 4.90 Å². The van der Waals surface area contributed by atoms with Crippen molar-refractivity contribution in [3.05, 3.63) is 59.8 Å². The Balaban J connectivity index is 1.32. The highest BCUT2D eigenvalue weighted by atomic mass is 19.1. The fourth-order valence-electron chi connectivity index (χ4n) is 3.56. The first-order valence-electron chi connectivity index (χ1n) is 10.0. The second-order valence-corrected chi connectivity index (χ2v) is 7.28. The molecule has 158 valence electrons. The van der Waals surface area contributed by atoms with Crippen molar-refractivity contribution >= 4 is 28.5 Å². The van der Waals surface area contributed by atoms with E-state index >= 15 is 0 Å². The Hall–Kier alpha value is -2.97. The van der Waals surface area contributed by atoms with Gasteiger partial charge in [-0.3, -0.25) is 9.69 Å². The van der Waals surface area contributed by atoms with Crippen molar-refractivity contribution in [3.63, 3.8) is 0 Å². The van der Waals surface area contributed by atoms with Gasteiger partial charge in [-0.25, -0.2) is 8.78 Å². The number of fused-ring (bicyclic) bond motifs is 1. The van der Waals surface area contributed by atoms with Crippen LogP contribution in [0.4, 0.5) is 25.8 Å². The second kappa shape index (κ2) is 9.23. The Kier molecular flexibility index (Phi) is 6.25. The minimum Gasteiger partial charge on any atom is -0.383 e. The number of amides is 1. The molecule has 2 aromatic carbocycles. The molecular weight excluding hydrogens is 390 g/mol. The van der Waals surface area contributed by atoms with E-state index in [1.54, 1.807) is 18.2 Å². The predicted molar refractivity (Wildman–Crippen MR) is 113 cm³/mol. The summed E-state index contributed by atoms with van der Waals surface area (Å²) in [6.45, 7) is 5.08. The van der Waals surface area contributed by atoms with Gasteiger partial charge >= 0.3 is 0 Å². The largest absolute Gasteiger partial charge is 0.383 e. The van der Waals surface area contributed by atoms with E-state index in [-0.39, 0.29) is 11.7 Å². The molecule has 1 fully saturated rings. The number of benzene rings is 2. The molecule has 0 spiro atoms. The fourth-order valence-corrected chi connectivity index (χ4v) is 3.56. The number of ether oxygens (including phenoxy) is 1. The number of hydrogen-bond acceptors (Lipinski definition) is 5. The Morgan fingerprint density at radius 1 is 1.13 bits per heavy atom. The molecule has 0 bridgehead atoms. The Labute approximate surface area is 173 Å². The summed E-state index contributed by atoms with van der Waals surface area (Å²) < 4.78 is 33.1. The van der Waals surface area contributed by atoms with E-state index in [1.807, 2.05) is 0 Å². The molecule has 0 atom stereocenters. The summed E-state index contributed by atoms with van der Waals surface area (Å²) >= 11 is 0. The van der Waals surface area contributed by atoms with E-state index in [4.69, 9.17) is 4.74 Å². The maximum atomic E-state index is 14.4. The van der Waals surface area contributed by atoms with Crippen LogP contribution in [-0.4, -0.2) is 50.2 Å². The van der Waals surface area contributed by atoms with Crippen LogP contribution in [0.5, 0.6) is 0 Å². The SMILES string of the molecule is O=C1Nc2cc(F)ccc2/C1=C/Nc1ccc(NCCCN2CCOCC2)c(F)c1. The summed E-state index contributed by atoms with van der Waals surface area (Å²) in [6.07, 6.45) is 2.42. The van der Waals surface area contributed by atoms with Crippen LogP contribution < -0.4 is 16.0 Å². The number of nitrogens with zero attached hydrogens (tertiary/aromatic N) is 1. The lowest BCUT2D eigenvalue weighted by atomic mass is 10.1. The second-order valence-electron chi connectivity index (χ2n) is 7.28. The number of morpholine rings is 1.